The Hall–Kier alpha value is -1.02. The highest BCUT2D eigenvalue weighted by Gasteiger charge is 2.17. The van der Waals surface area contributed by atoms with Crippen molar-refractivity contribution in [3.8, 4) is 0 Å². The molecule has 1 saturated carbocycles. The van der Waals surface area contributed by atoms with Gasteiger partial charge in [-0.25, -0.2) is 0 Å². The third-order valence-electron chi connectivity index (χ3n) is 3.35. The normalized spacial score (nSPS) is 16.1. The molecule has 0 aliphatic heterocycles. The molecule has 1 amide bonds. The third kappa shape index (κ3) is 4.04. The van der Waals surface area contributed by atoms with Gasteiger partial charge in [-0.2, -0.15) is 0 Å². The number of nitrogens with one attached hydrogen (secondary N) is 1. The number of amides is 1. The van der Waals surface area contributed by atoms with E-state index in [1.54, 1.807) is 0 Å². The first-order valence-electron chi connectivity index (χ1n) is 6.25. The second-order valence-corrected chi connectivity index (χ2v) is 5.19. The molecule has 1 aliphatic rings. The van der Waals surface area contributed by atoms with Crippen molar-refractivity contribution in [2.45, 2.75) is 38.6 Å². The fourth-order valence-electron chi connectivity index (χ4n) is 2.35. The Morgan fingerprint density at radius 1 is 1.24 bits per heavy atom. The molecule has 0 heterocycles. The summed E-state index contributed by atoms with van der Waals surface area (Å²) in [4.78, 5) is 11.7. The van der Waals surface area contributed by atoms with Crippen molar-refractivity contribution in [1.82, 2.24) is 5.32 Å². The summed E-state index contributed by atoms with van der Waals surface area (Å²) < 4.78 is 0. The van der Waals surface area contributed by atoms with Crippen LogP contribution in [0.4, 0.5) is 0 Å². The van der Waals surface area contributed by atoms with E-state index in [9.17, 15) is 4.79 Å². The lowest BCUT2D eigenvalue weighted by Gasteiger charge is -2.09. The van der Waals surface area contributed by atoms with Crippen LogP contribution >= 0.6 is 11.6 Å². The molecule has 2 rings (SSSR count). The average molecular weight is 252 g/mol. The molecule has 0 bridgehead atoms. The largest absolute Gasteiger partial charge is 0.352 e. The van der Waals surface area contributed by atoms with E-state index in [1.165, 1.54) is 25.7 Å². The Kier molecular flexibility index (Phi) is 4.43. The van der Waals surface area contributed by atoms with Gasteiger partial charge in [0, 0.05) is 18.0 Å². The van der Waals surface area contributed by atoms with Crippen LogP contribution in [0.3, 0.4) is 0 Å². The maximum Gasteiger partial charge on any atom is 0.220 e. The predicted molar refractivity (Wildman–Crippen MR) is 69.9 cm³/mol. The molecule has 1 aromatic rings. The van der Waals surface area contributed by atoms with Crippen molar-refractivity contribution in [2.24, 2.45) is 5.92 Å². The van der Waals surface area contributed by atoms with Crippen LogP contribution < -0.4 is 5.32 Å². The van der Waals surface area contributed by atoms with Gasteiger partial charge in [0.15, 0.2) is 0 Å². The molecule has 0 saturated heterocycles. The molecule has 1 fully saturated rings. The van der Waals surface area contributed by atoms with Gasteiger partial charge in [-0.15, -0.1) is 0 Å². The van der Waals surface area contributed by atoms with E-state index in [4.69, 9.17) is 11.6 Å². The Bertz CT molecular complexity index is 368. The van der Waals surface area contributed by atoms with E-state index in [0.717, 1.165) is 10.6 Å². The summed E-state index contributed by atoms with van der Waals surface area (Å²) in [5.74, 6) is 0.784. The van der Waals surface area contributed by atoms with Gasteiger partial charge in [0.1, 0.15) is 0 Å². The Morgan fingerprint density at radius 2 is 1.88 bits per heavy atom. The molecule has 92 valence electrons. The summed E-state index contributed by atoms with van der Waals surface area (Å²) in [5.41, 5.74) is 1.09. The highest BCUT2D eigenvalue weighted by atomic mass is 35.5. The van der Waals surface area contributed by atoms with E-state index in [-0.39, 0.29) is 5.91 Å². The molecule has 0 atom stereocenters. The number of carbonyl (C=O) groups is 1. The topological polar surface area (TPSA) is 29.1 Å². The van der Waals surface area contributed by atoms with E-state index >= 15 is 0 Å². The fraction of sp³-hybridized carbons (Fsp3) is 0.500. The van der Waals surface area contributed by atoms with Crippen LogP contribution in [-0.2, 0) is 11.3 Å². The van der Waals surface area contributed by atoms with E-state index in [0.29, 0.717) is 18.9 Å². The van der Waals surface area contributed by atoms with Crippen LogP contribution in [0.25, 0.3) is 0 Å². The number of rotatable bonds is 4. The second kappa shape index (κ2) is 6.06. The number of benzene rings is 1. The minimum Gasteiger partial charge on any atom is -0.352 e. The van der Waals surface area contributed by atoms with Crippen molar-refractivity contribution < 1.29 is 4.79 Å². The second-order valence-electron chi connectivity index (χ2n) is 4.76. The molecular weight excluding hydrogens is 234 g/mol. The quantitative estimate of drug-likeness (QED) is 0.871. The monoisotopic (exact) mass is 251 g/mol. The van der Waals surface area contributed by atoms with Crippen molar-refractivity contribution in [1.29, 1.82) is 0 Å². The van der Waals surface area contributed by atoms with E-state index < -0.39 is 0 Å². The van der Waals surface area contributed by atoms with Gasteiger partial charge in [-0.05, 0) is 36.5 Å². The molecule has 0 aromatic heterocycles. The van der Waals surface area contributed by atoms with Gasteiger partial charge in [0.05, 0.1) is 0 Å². The van der Waals surface area contributed by atoms with Crippen LogP contribution in [0.2, 0.25) is 5.02 Å². The number of hydrogen-bond donors (Lipinski definition) is 1. The van der Waals surface area contributed by atoms with Gasteiger partial charge in [-0.1, -0.05) is 36.6 Å². The molecule has 0 spiro atoms. The summed E-state index contributed by atoms with van der Waals surface area (Å²) in [7, 11) is 0. The molecule has 1 aromatic carbocycles. The van der Waals surface area contributed by atoms with Gasteiger partial charge < -0.3 is 5.32 Å². The Balaban J connectivity index is 1.73. The van der Waals surface area contributed by atoms with Crippen LogP contribution in [0.5, 0.6) is 0 Å². The summed E-state index contributed by atoms with van der Waals surface area (Å²) >= 11 is 5.80. The summed E-state index contributed by atoms with van der Waals surface area (Å²) in [5, 5.41) is 3.69. The lowest BCUT2D eigenvalue weighted by atomic mass is 10.0. The van der Waals surface area contributed by atoms with Crippen LogP contribution in [0, 0.1) is 5.92 Å². The first-order chi connectivity index (χ1) is 8.24. The lowest BCUT2D eigenvalue weighted by Crippen LogP contribution is -2.24. The fourth-order valence-corrected chi connectivity index (χ4v) is 2.48. The molecule has 1 N–H and O–H groups in total. The molecule has 3 heteroatoms. The highest BCUT2D eigenvalue weighted by molar-refractivity contribution is 6.30. The first-order valence-corrected chi connectivity index (χ1v) is 6.63. The van der Waals surface area contributed by atoms with Gasteiger partial charge in [0.2, 0.25) is 5.91 Å². The summed E-state index contributed by atoms with van der Waals surface area (Å²) in [6.45, 7) is 0.600. The average Bonchev–Trinajstić information content (AvgIpc) is 2.81. The van der Waals surface area contributed by atoms with Crippen molar-refractivity contribution in [3.05, 3.63) is 34.9 Å². The standard InChI is InChI=1S/C14H18ClNO/c15-13-7-5-12(6-8-13)10-16-14(17)9-11-3-1-2-4-11/h5-8,11H,1-4,9-10H2,(H,16,17). The predicted octanol–water partition coefficient (Wildman–Crippen LogP) is 3.54. The van der Waals surface area contributed by atoms with Crippen molar-refractivity contribution >= 4 is 17.5 Å². The maximum absolute atomic E-state index is 11.7. The van der Waals surface area contributed by atoms with Crippen LogP contribution in [0.1, 0.15) is 37.7 Å². The zero-order valence-corrected chi connectivity index (χ0v) is 10.7. The Morgan fingerprint density at radius 3 is 2.53 bits per heavy atom. The first kappa shape index (κ1) is 12.4. The van der Waals surface area contributed by atoms with Crippen molar-refractivity contribution in [3.63, 3.8) is 0 Å². The Labute approximate surface area is 107 Å². The number of halogens is 1. The van der Waals surface area contributed by atoms with Gasteiger partial charge in [-0.3, -0.25) is 4.79 Å². The van der Waals surface area contributed by atoms with Crippen LogP contribution in [0.15, 0.2) is 24.3 Å². The SMILES string of the molecule is O=C(CC1CCCC1)NCc1ccc(Cl)cc1. The maximum atomic E-state index is 11.7. The molecular formula is C14H18ClNO. The smallest absolute Gasteiger partial charge is 0.220 e. The third-order valence-corrected chi connectivity index (χ3v) is 3.60. The van der Waals surface area contributed by atoms with Gasteiger partial charge >= 0.3 is 0 Å². The highest BCUT2D eigenvalue weighted by Crippen LogP contribution is 2.27. The lowest BCUT2D eigenvalue weighted by molar-refractivity contribution is -0.122. The zero-order chi connectivity index (χ0) is 12.1. The van der Waals surface area contributed by atoms with Gasteiger partial charge in [0.25, 0.3) is 0 Å². The summed E-state index contributed by atoms with van der Waals surface area (Å²) in [6, 6.07) is 7.58. The summed E-state index contributed by atoms with van der Waals surface area (Å²) in [6.07, 6.45) is 5.70. The molecule has 0 unspecified atom stereocenters. The molecule has 2 nitrogen and oxygen atoms in total. The molecule has 0 radical (unpaired) electrons. The van der Waals surface area contributed by atoms with Crippen LogP contribution in [-0.4, -0.2) is 5.91 Å². The molecule has 17 heavy (non-hydrogen) atoms. The minimum atomic E-state index is 0.173. The number of carbonyl (C=O) groups excluding carboxylic acids is 1. The van der Waals surface area contributed by atoms with E-state index in [1.807, 2.05) is 24.3 Å². The molecule has 1 aliphatic carbocycles. The van der Waals surface area contributed by atoms with Crippen molar-refractivity contribution in [2.75, 3.05) is 0 Å². The number of hydrogen-bond acceptors (Lipinski definition) is 1. The van der Waals surface area contributed by atoms with E-state index in [2.05, 4.69) is 5.32 Å². The zero-order valence-electron chi connectivity index (χ0n) is 9.92. The minimum absolute atomic E-state index is 0.173.